The van der Waals surface area contributed by atoms with E-state index < -0.39 is 32.5 Å². The van der Waals surface area contributed by atoms with Crippen LogP contribution in [0.2, 0.25) is 0 Å². The average molecular weight is 861 g/mol. The molecular weight excluding hydrogens is 774 g/mol. The maximum Gasteiger partial charge on any atom is 0.472 e. The number of hydrogen-bond acceptors (Lipinski definition) is 7. The van der Waals surface area contributed by atoms with Gasteiger partial charge in [0.2, 0.25) is 0 Å². The number of unbranched alkanes of at least 4 members (excludes halogenated alkanes) is 13. The Bertz CT molecular complexity index is 1290. The number of allylic oxidation sites excluding steroid dienone is 14. The van der Waals surface area contributed by atoms with Crippen molar-refractivity contribution in [2.75, 3.05) is 47.5 Å². The van der Waals surface area contributed by atoms with E-state index in [9.17, 15) is 19.0 Å². The van der Waals surface area contributed by atoms with Gasteiger partial charge >= 0.3 is 19.8 Å². The topological polar surface area (TPSA) is 108 Å². The van der Waals surface area contributed by atoms with Crippen LogP contribution in [-0.4, -0.2) is 74.9 Å². The van der Waals surface area contributed by atoms with Gasteiger partial charge in [-0.1, -0.05) is 157 Å². The Morgan fingerprint density at radius 2 is 0.967 bits per heavy atom. The lowest BCUT2D eigenvalue weighted by molar-refractivity contribution is -0.870. The summed E-state index contributed by atoms with van der Waals surface area (Å²) in [7, 11) is 1.42. The van der Waals surface area contributed by atoms with Crippen molar-refractivity contribution in [1.29, 1.82) is 0 Å². The summed E-state index contributed by atoms with van der Waals surface area (Å²) in [5.41, 5.74) is 0. The van der Waals surface area contributed by atoms with Crippen LogP contribution in [0, 0.1) is 0 Å². The van der Waals surface area contributed by atoms with E-state index in [1.807, 2.05) is 27.2 Å². The number of ether oxygens (including phenoxy) is 2. The molecule has 0 bridgehead atoms. The molecule has 0 saturated heterocycles. The third-order valence-corrected chi connectivity index (χ3v) is 10.4. The van der Waals surface area contributed by atoms with Gasteiger partial charge in [-0.05, 0) is 83.5 Å². The van der Waals surface area contributed by atoms with Gasteiger partial charge in [-0.15, -0.1) is 0 Å². The van der Waals surface area contributed by atoms with Crippen molar-refractivity contribution in [2.45, 2.75) is 174 Å². The first-order chi connectivity index (χ1) is 29.0. The van der Waals surface area contributed by atoms with Crippen LogP contribution in [0.3, 0.4) is 0 Å². The van der Waals surface area contributed by atoms with Crippen LogP contribution in [0.5, 0.6) is 0 Å². The highest BCUT2D eigenvalue weighted by molar-refractivity contribution is 7.47. The van der Waals surface area contributed by atoms with Crippen molar-refractivity contribution in [1.82, 2.24) is 0 Å². The predicted molar refractivity (Wildman–Crippen MR) is 252 cm³/mol. The van der Waals surface area contributed by atoms with E-state index in [0.717, 1.165) is 70.6 Å². The zero-order valence-corrected chi connectivity index (χ0v) is 39.6. The molecule has 0 aromatic rings. The fourth-order valence-corrected chi connectivity index (χ4v) is 6.53. The van der Waals surface area contributed by atoms with Crippen LogP contribution in [-0.2, 0) is 32.7 Å². The van der Waals surface area contributed by atoms with E-state index in [1.54, 1.807) is 0 Å². The molecule has 0 aliphatic heterocycles. The molecule has 10 heteroatoms. The van der Waals surface area contributed by atoms with Crippen molar-refractivity contribution in [2.24, 2.45) is 0 Å². The Labute approximate surface area is 367 Å². The van der Waals surface area contributed by atoms with Crippen molar-refractivity contribution < 1.29 is 42.1 Å². The first-order valence-electron chi connectivity index (χ1n) is 23.3. The minimum Gasteiger partial charge on any atom is -0.462 e. The lowest BCUT2D eigenvalue weighted by Gasteiger charge is -2.24. The van der Waals surface area contributed by atoms with Crippen LogP contribution in [0.25, 0.3) is 0 Å². The van der Waals surface area contributed by atoms with Crippen molar-refractivity contribution in [3.05, 3.63) is 85.1 Å². The number of phosphoric ester groups is 1. The summed E-state index contributed by atoms with van der Waals surface area (Å²) >= 11 is 0. The van der Waals surface area contributed by atoms with E-state index in [2.05, 4.69) is 92.8 Å². The fourth-order valence-electron chi connectivity index (χ4n) is 5.78. The molecule has 0 spiro atoms. The minimum atomic E-state index is -4.40. The molecule has 0 aliphatic carbocycles. The highest BCUT2D eigenvalue weighted by atomic mass is 31.2. The van der Waals surface area contributed by atoms with Gasteiger partial charge < -0.3 is 18.9 Å². The summed E-state index contributed by atoms with van der Waals surface area (Å²) in [6.07, 6.45) is 53.5. The molecule has 0 fully saturated rings. The highest BCUT2D eigenvalue weighted by Gasteiger charge is 2.27. The largest absolute Gasteiger partial charge is 0.472 e. The quantitative estimate of drug-likeness (QED) is 0.0213. The number of carbonyl (C=O) groups excluding carboxylic acids is 2. The summed E-state index contributed by atoms with van der Waals surface area (Å²) in [5.74, 6) is -0.878. The molecule has 0 aromatic carbocycles. The number of likely N-dealkylation sites (N-methyl/N-ethyl adjacent to an activating group) is 1. The molecule has 0 aliphatic rings. The summed E-state index contributed by atoms with van der Waals surface area (Å²) in [6, 6.07) is 0. The average Bonchev–Trinajstić information content (AvgIpc) is 3.20. The van der Waals surface area contributed by atoms with Gasteiger partial charge in [0, 0.05) is 12.8 Å². The maximum atomic E-state index is 12.7. The summed E-state index contributed by atoms with van der Waals surface area (Å²) in [6.45, 7) is 4.20. The van der Waals surface area contributed by atoms with Gasteiger partial charge in [-0.3, -0.25) is 18.6 Å². The van der Waals surface area contributed by atoms with E-state index in [-0.39, 0.29) is 26.1 Å². The molecule has 1 unspecified atom stereocenters. The number of carbonyl (C=O) groups is 2. The fraction of sp³-hybridized carbons (Fsp3) is 0.680. The van der Waals surface area contributed by atoms with Gasteiger partial charge in [0.05, 0.1) is 27.7 Å². The Balaban J connectivity index is 4.42. The van der Waals surface area contributed by atoms with E-state index >= 15 is 0 Å². The molecular formula is C50H87NO8P+. The van der Waals surface area contributed by atoms with Gasteiger partial charge in [0.1, 0.15) is 19.8 Å². The Morgan fingerprint density at radius 1 is 0.533 bits per heavy atom. The van der Waals surface area contributed by atoms with Crippen molar-refractivity contribution in [3.8, 4) is 0 Å². The predicted octanol–water partition coefficient (Wildman–Crippen LogP) is 13.6. The molecule has 0 saturated carbocycles. The number of nitrogens with zero attached hydrogens (tertiary/aromatic N) is 1. The molecule has 0 aromatic heterocycles. The van der Waals surface area contributed by atoms with Crippen LogP contribution in [0.4, 0.5) is 0 Å². The number of hydrogen-bond donors (Lipinski definition) is 1. The second-order valence-electron chi connectivity index (χ2n) is 16.4. The number of esters is 2. The number of rotatable bonds is 41. The first kappa shape index (κ1) is 57.2. The third-order valence-electron chi connectivity index (χ3n) is 9.41. The normalized spacial score (nSPS) is 14.3. The lowest BCUT2D eigenvalue weighted by atomic mass is 10.1. The molecule has 344 valence electrons. The number of quaternary nitrogens is 1. The highest BCUT2D eigenvalue weighted by Crippen LogP contribution is 2.43. The first-order valence-corrected chi connectivity index (χ1v) is 24.8. The molecule has 0 radical (unpaired) electrons. The number of phosphoric acid groups is 1. The van der Waals surface area contributed by atoms with Crippen molar-refractivity contribution in [3.63, 3.8) is 0 Å². The monoisotopic (exact) mass is 861 g/mol. The summed E-state index contributed by atoms with van der Waals surface area (Å²) in [5, 5.41) is 0. The Morgan fingerprint density at radius 3 is 1.47 bits per heavy atom. The second kappa shape index (κ2) is 41.5. The van der Waals surface area contributed by atoms with Gasteiger partial charge in [-0.25, -0.2) is 4.57 Å². The van der Waals surface area contributed by atoms with Crippen LogP contribution < -0.4 is 0 Å². The zero-order valence-electron chi connectivity index (χ0n) is 38.7. The lowest BCUT2D eigenvalue weighted by Crippen LogP contribution is -2.37. The maximum absolute atomic E-state index is 12.7. The second-order valence-corrected chi connectivity index (χ2v) is 17.9. The van der Waals surface area contributed by atoms with Gasteiger partial charge in [0.15, 0.2) is 6.10 Å². The van der Waals surface area contributed by atoms with Gasteiger partial charge in [0.25, 0.3) is 0 Å². The Kier molecular flexibility index (Phi) is 39.6. The van der Waals surface area contributed by atoms with Crippen molar-refractivity contribution >= 4 is 19.8 Å². The SMILES string of the molecule is CC/C=C\C/C=C\C/C=C\C/C=C\C/C=C\CCCC(=O)O[C@H](COC(=O)CCCCCCCCCCC/C=C\C/C=C\CCCCC)COP(=O)(O)OCC[N+](C)(C)C. The molecule has 9 nitrogen and oxygen atoms in total. The molecule has 60 heavy (non-hydrogen) atoms. The van der Waals surface area contributed by atoms with Crippen LogP contribution in [0.15, 0.2) is 85.1 Å². The standard InChI is InChI=1S/C50H86NO8P/c1-6-8-10-12-14-16-18-20-22-24-25-27-28-30-32-34-36-38-40-42-49(52)56-46-48(47-58-60(54,55)57-45-44-51(3,4)5)59-50(53)43-41-39-37-35-33-31-29-26-23-21-19-17-15-13-11-9-7-2/h9,11,14-17,20-23,29,31,35,37,48H,6-8,10,12-13,18-19,24-28,30,32-34,36,38-47H2,1-5H3/p+1/b11-9-,16-14-,17-15-,22-20-,23-21-,31-29-,37-35-/t48-/m1/s1. The molecule has 1 N–H and O–H groups in total. The molecule has 0 heterocycles. The van der Waals surface area contributed by atoms with Crippen LogP contribution in [0.1, 0.15) is 168 Å². The third kappa shape index (κ3) is 44.7. The van der Waals surface area contributed by atoms with E-state index in [0.29, 0.717) is 23.9 Å². The van der Waals surface area contributed by atoms with Gasteiger partial charge in [-0.2, -0.15) is 0 Å². The van der Waals surface area contributed by atoms with E-state index in [1.165, 1.54) is 57.8 Å². The smallest absolute Gasteiger partial charge is 0.462 e. The van der Waals surface area contributed by atoms with Crippen LogP contribution >= 0.6 is 7.82 Å². The minimum absolute atomic E-state index is 0.0160. The summed E-state index contributed by atoms with van der Waals surface area (Å²) in [4.78, 5) is 35.4. The molecule has 2 atom stereocenters. The Hall–Kier alpha value is -2.81. The summed E-state index contributed by atoms with van der Waals surface area (Å²) < 4.78 is 34.3. The molecule has 0 amide bonds. The molecule has 0 rings (SSSR count). The van der Waals surface area contributed by atoms with E-state index in [4.69, 9.17) is 18.5 Å². The zero-order chi connectivity index (χ0) is 44.3.